The third kappa shape index (κ3) is 2.64. The molecule has 3 nitrogen and oxygen atoms in total. The number of hydrogen-bond acceptors (Lipinski definition) is 3. The van der Waals surface area contributed by atoms with Crippen LogP contribution in [0.5, 0.6) is 5.75 Å². The maximum atomic E-state index is 9.57. The van der Waals surface area contributed by atoms with Crippen molar-refractivity contribution < 1.29 is 9.52 Å². The Hall–Kier alpha value is -1.42. The van der Waals surface area contributed by atoms with E-state index in [0.29, 0.717) is 12.3 Å². The van der Waals surface area contributed by atoms with Crippen LogP contribution in [0.4, 0.5) is 5.69 Å². The van der Waals surface area contributed by atoms with Crippen LogP contribution in [0.25, 0.3) is 0 Å². The second-order valence-corrected chi connectivity index (χ2v) is 4.85. The Morgan fingerprint density at radius 3 is 2.71 bits per heavy atom. The van der Waals surface area contributed by atoms with Crippen molar-refractivity contribution in [2.45, 2.75) is 20.4 Å². The van der Waals surface area contributed by atoms with Gasteiger partial charge < -0.3 is 14.8 Å². The summed E-state index contributed by atoms with van der Waals surface area (Å²) in [4.78, 5) is 0. The summed E-state index contributed by atoms with van der Waals surface area (Å²) in [5.74, 6) is 1.18. The van der Waals surface area contributed by atoms with Crippen LogP contribution < -0.4 is 5.32 Å². The molecular formula is C13H14BrNO2. The highest BCUT2D eigenvalue weighted by Crippen LogP contribution is 2.26. The van der Waals surface area contributed by atoms with E-state index in [1.54, 1.807) is 12.3 Å². The van der Waals surface area contributed by atoms with E-state index >= 15 is 0 Å². The second-order valence-electron chi connectivity index (χ2n) is 4.00. The first-order chi connectivity index (χ1) is 8.08. The molecule has 0 fully saturated rings. The van der Waals surface area contributed by atoms with Crippen molar-refractivity contribution >= 4 is 21.6 Å². The number of rotatable bonds is 3. The van der Waals surface area contributed by atoms with E-state index in [-0.39, 0.29) is 0 Å². The zero-order valence-corrected chi connectivity index (χ0v) is 11.3. The highest BCUT2D eigenvalue weighted by atomic mass is 79.9. The van der Waals surface area contributed by atoms with Gasteiger partial charge in [0, 0.05) is 5.69 Å². The zero-order valence-electron chi connectivity index (χ0n) is 9.75. The summed E-state index contributed by atoms with van der Waals surface area (Å²) >= 11 is 3.41. The molecule has 1 aromatic heterocycles. The zero-order chi connectivity index (χ0) is 12.4. The lowest BCUT2D eigenvalue weighted by atomic mass is 10.1. The summed E-state index contributed by atoms with van der Waals surface area (Å²) < 4.78 is 6.28. The number of nitrogens with one attached hydrogen (secondary N) is 1. The van der Waals surface area contributed by atoms with Crippen LogP contribution >= 0.6 is 15.9 Å². The minimum absolute atomic E-state index is 0.326. The van der Waals surface area contributed by atoms with E-state index in [0.717, 1.165) is 27.0 Å². The number of benzene rings is 1. The molecular weight excluding hydrogens is 282 g/mol. The van der Waals surface area contributed by atoms with Gasteiger partial charge in [0.2, 0.25) is 0 Å². The minimum atomic E-state index is 0.326. The lowest BCUT2D eigenvalue weighted by molar-refractivity contribution is 0.470. The molecule has 0 saturated carbocycles. The first-order valence-electron chi connectivity index (χ1n) is 5.34. The van der Waals surface area contributed by atoms with Gasteiger partial charge in [-0.15, -0.1) is 0 Å². The Kier molecular flexibility index (Phi) is 3.43. The van der Waals surface area contributed by atoms with E-state index < -0.39 is 0 Å². The number of phenolic OH excluding ortho intramolecular Hbond substituents is 1. The molecule has 0 saturated heterocycles. The average molecular weight is 296 g/mol. The summed E-state index contributed by atoms with van der Waals surface area (Å²) in [5.41, 5.74) is 2.87. The predicted molar refractivity (Wildman–Crippen MR) is 71.3 cm³/mol. The van der Waals surface area contributed by atoms with Crippen molar-refractivity contribution in [1.82, 2.24) is 0 Å². The molecule has 90 valence electrons. The molecule has 0 unspecified atom stereocenters. The Morgan fingerprint density at radius 1 is 1.29 bits per heavy atom. The molecule has 17 heavy (non-hydrogen) atoms. The van der Waals surface area contributed by atoms with Crippen LogP contribution in [0.2, 0.25) is 0 Å². The van der Waals surface area contributed by atoms with Gasteiger partial charge in [0.25, 0.3) is 0 Å². The van der Waals surface area contributed by atoms with Gasteiger partial charge in [0.15, 0.2) is 0 Å². The first-order valence-corrected chi connectivity index (χ1v) is 6.13. The maximum Gasteiger partial charge on any atom is 0.136 e. The van der Waals surface area contributed by atoms with E-state index in [1.165, 1.54) is 0 Å². The Morgan fingerprint density at radius 2 is 2.06 bits per heavy atom. The minimum Gasteiger partial charge on any atom is -0.508 e. The number of aromatic hydroxyl groups is 1. The van der Waals surface area contributed by atoms with E-state index in [9.17, 15) is 5.11 Å². The molecule has 0 radical (unpaired) electrons. The number of anilines is 1. The third-order valence-electron chi connectivity index (χ3n) is 2.67. The monoisotopic (exact) mass is 295 g/mol. The maximum absolute atomic E-state index is 9.57. The normalized spacial score (nSPS) is 10.5. The highest BCUT2D eigenvalue weighted by Gasteiger charge is 2.06. The molecule has 0 bridgehead atoms. The standard InChI is InChI=1S/C13H14BrNO2/c1-8-6-12(16)9(2)5-11(8)15-7-13-10(14)3-4-17-13/h3-6,15-16H,7H2,1-2H3. The second kappa shape index (κ2) is 4.84. The quantitative estimate of drug-likeness (QED) is 0.842. The van der Waals surface area contributed by atoms with Crippen molar-refractivity contribution in [2.24, 2.45) is 0 Å². The average Bonchev–Trinajstić information content (AvgIpc) is 2.68. The molecule has 0 aliphatic rings. The predicted octanol–water partition coefficient (Wildman–Crippen LogP) is 3.98. The number of furan rings is 1. The Bertz CT molecular complexity index is 534. The van der Waals surface area contributed by atoms with E-state index in [4.69, 9.17) is 4.42 Å². The van der Waals surface area contributed by atoms with E-state index in [2.05, 4.69) is 21.2 Å². The summed E-state index contributed by atoms with van der Waals surface area (Å²) in [6.07, 6.45) is 1.65. The molecule has 0 aliphatic heterocycles. The van der Waals surface area contributed by atoms with Crippen LogP contribution in [0, 0.1) is 13.8 Å². The smallest absolute Gasteiger partial charge is 0.136 e. The topological polar surface area (TPSA) is 45.4 Å². The highest BCUT2D eigenvalue weighted by molar-refractivity contribution is 9.10. The van der Waals surface area contributed by atoms with Gasteiger partial charge in [-0.2, -0.15) is 0 Å². The summed E-state index contributed by atoms with van der Waals surface area (Å²) in [7, 11) is 0. The Labute approximate surface area is 109 Å². The number of phenols is 1. The van der Waals surface area contributed by atoms with Crippen molar-refractivity contribution in [2.75, 3.05) is 5.32 Å². The summed E-state index contributed by atoms with van der Waals surface area (Å²) in [6, 6.07) is 5.56. The van der Waals surface area contributed by atoms with Crippen molar-refractivity contribution in [3.05, 3.63) is 45.8 Å². The third-order valence-corrected chi connectivity index (χ3v) is 3.38. The molecule has 1 heterocycles. The van der Waals surface area contributed by atoms with Crippen LogP contribution in [0.15, 0.2) is 33.4 Å². The van der Waals surface area contributed by atoms with Crippen LogP contribution in [-0.4, -0.2) is 5.11 Å². The molecule has 0 aliphatic carbocycles. The molecule has 2 rings (SSSR count). The lowest BCUT2D eigenvalue weighted by Crippen LogP contribution is -2.01. The fourth-order valence-corrected chi connectivity index (χ4v) is 1.96. The van der Waals surface area contributed by atoms with Gasteiger partial charge in [0.05, 0.1) is 17.3 Å². The summed E-state index contributed by atoms with van der Waals surface area (Å²) in [6.45, 7) is 4.44. The van der Waals surface area contributed by atoms with Crippen LogP contribution in [-0.2, 0) is 6.54 Å². The molecule has 2 aromatic rings. The number of halogens is 1. The van der Waals surface area contributed by atoms with Gasteiger partial charge in [-0.25, -0.2) is 0 Å². The van der Waals surface area contributed by atoms with Gasteiger partial charge in [-0.1, -0.05) is 0 Å². The molecule has 1 aromatic carbocycles. The van der Waals surface area contributed by atoms with Gasteiger partial charge in [-0.05, 0) is 59.1 Å². The molecule has 0 amide bonds. The number of hydrogen-bond donors (Lipinski definition) is 2. The lowest BCUT2D eigenvalue weighted by Gasteiger charge is -2.10. The van der Waals surface area contributed by atoms with Crippen molar-refractivity contribution in [1.29, 1.82) is 0 Å². The largest absolute Gasteiger partial charge is 0.508 e. The summed E-state index contributed by atoms with van der Waals surface area (Å²) in [5, 5.41) is 12.9. The molecule has 4 heteroatoms. The molecule has 2 N–H and O–H groups in total. The fourth-order valence-electron chi connectivity index (χ4n) is 1.62. The van der Waals surface area contributed by atoms with Gasteiger partial charge in [-0.3, -0.25) is 0 Å². The van der Waals surface area contributed by atoms with Crippen molar-refractivity contribution in [3.63, 3.8) is 0 Å². The van der Waals surface area contributed by atoms with Crippen LogP contribution in [0.3, 0.4) is 0 Å². The van der Waals surface area contributed by atoms with Gasteiger partial charge >= 0.3 is 0 Å². The first kappa shape index (κ1) is 12.0. The van der Waals surface area contributed by atoms with E-state index in [1.807, 2.05) is 26.0 Å². The SMILES string of the molecule is Cc1cc(NCc2occc2Br)c(C)cc1O. The van der Waals surface area contributed by atoms with Crippen LogP contribution in [0.1, 0.15) is 16.9 Å². The number of aryl methyl sites for hydroxylation is 2. The molecule has 0 spiro atoms. The fraction of sp³-hybridized carbons (Fsp3) is 0.231. The van der Waals surface area contributed by atoms with Crippen molar-refractivity contribution in [3.8, 4) is 5.75 Å². The molecule has 0 atom stereocenters. The van der Waals surface area contributed by atoms with Gasteiger partial charge in [0.1, 0.15) is 11.5 Å². The Balaban J connectivity index is 2.14.